The summed E-state index contributed by atoms with van der Waals surface area (Å²) in [5.41, 5.74) is 1.05. The van der Waals surface area contributed by atoms with E-state index in [-0.39, 0.29) is 5.56 Å². The Kier molecular flexibility index (Phi) is 3.84. The van der Waals surface area contributed by atoms with Crippen molar-refractivity contribution in [1.29, 1.82) is 0 Å². The second-order valence-corrected chi connectivity index (χ2v) is 4.86. The first kappa shape index (κ1) is 12.2. The van der Waals surface area contributed by atoms with Gasteiger partial charge in [-0.25, -0.2) is 0 Å². The summed E-state index contributed by atoms with van der Waals surface area (Å²) in [6.45, 7) is 3.42. The fourth-order valence-corrected chi connectivity index (χ4v) is 2.24. The number of methoxy groups -OCH3 is 1. The molecule has 2 rings (SSSR count). The summed E-state index contributed by atoms with van der Waals surface area (Å²) < 4.78 is 6.68. The number of anilines is 1. The molecule has 0 atom stereocenters. The molecule has 0 aromatic carbocycles. The van der Waals surface area contributed by atoms with Gasteiger partial charge in [0, 0.05) is 32.0 Å². The Hall–Kier alpha value is -1.29. The van der Waals surface area contributed by atoms with Crippen molar-refractivity contribution in [2.75, 3.05) is 19.0 Å². The molecule has 0 spiro atoms. The van der Waals surface area contributed by atoms with Gasteiger partial charge in [0.05, 0.1) is 12.3 Å². The first-order chi connectivity index (χ1) is 8.19. The van der Waals surface area contributed by atoms with Crippen molar-refractivity contribution in [1.82, 2.24) is 4.57 Å². The van der Waals surface area contributed by atoms with Crippen LogP contribution in [0.4, 0.5) is 5.69 Å². The van der Waals surface area contributed by atoms with E-state index in [0.717, 1.165) is 11.6 Å². The molecule has 1 saturated carbocycles. The first-order valence-electron chi connectivity index (χ1n) is 6.15. The summed E-state index contributed by atoms with van der Waals surface area (Å²) in [5.74, 6) is 0.826. The van der Waals surface area contributed by atoms with Gasteiger partial charge in [-0.15, -0.1) is 0 Å². The molecule has 0 bridgehead atoms. The van der Waals surface area contributed by atoms with E-state index in [9.17, 15) is 4.79 Å². The van der Waals surface area contributed by atoms with Crippen LogP contribution in [0.25, 0.3) is 0 Å². The number of ether oxygens (including phenoxy) is 1. The zero-order valence-electron chi connectivity index (χ0n) is 10.5. The van der Waals surface area contributed by atoms with Crippen molar-refractivity contribution >= 4 is 5.69 Å². The fraction of sp³-hybridized carbons (Fsp3) is 0.615. The molecular weight excluding hydrogens is 216 g/mol. The lowest BCUT2D eigenvalue weighted by Crippen LogP contribution is -2.34. The molecule has 0 radical (unpaired) electrons. The summed E-state index contributed by atoms with van der Waals surface area (Å²) in [6.07, 6.45) is 4.32. The van der Waals surface area contributed by atoms with Crippen molar-refractivity contribution in [3.8, 4) is 0 Å². The second-order valence-electron chi connectivity index (χ2n) is 4.86. The van der Waals surface area contributed by atoms with Crippen molar-refractivity contribution in [2.24, 2.45) is 5.92 Å². The van der Waals surface area contributed by atoms with Crippen molar-refractivity contribution in [3.63, 3.8) is 0 Å². The number of hydrogen-bond donors (Lipinski definition) is 1. The topological polar surface area (TPSA) is 43.3 Å². The van der Waals surface area contributed by atoms with Crippen LogP contribution < -0.4 is 10.9 Å². The molecule has 17 heavy (non-hydrogen) atoms. The number of aromatic nitrogens is 1. The van der Waals surface area contributed by atoms with Gasteiger partial charge in [0.25, 0.3) is 5.56 Å². The van der Waals surface area contributed by atoms with Crippen LogP contribution in [0.2, 0.25) is 0 Å². The maximum Gasteiger partial charge on any atom is 0.250 e. The highest BCUT2D eigenvalue weighted by Gasteiger charge is 2.24. The molecule has 94 valence electrons. The molecule has 1 aliphatic rings. The Morgan fingerprint density at radius 2 is 2.24 bits per heavy atom. The number of nitrogens with one attached hydrogen (secondary N) is 1. The molecule has 0 aliphatic heterocycles. The zero-order chi connectivity index (χ0) is 12.3. The highest BCUT2D eigenvalue weighted by atomic mass is 16.5. The van der Waals surface area contributed by atoms with Gasteiger partial charge in [-0.05, 0) is 24.8 Å². The zero-order valence-corrected chi connectivity index (χ0v) is 10.5. The molecule has 1 aromatic heterocycles. The monoisotopic (exact) mass is 236 g/mol. The Bertz CT molecular complexity index is 422. The van der Waals surface area contributed by atoms with Crippen LogP contribution in [-0.2, 0) is 11.3 Å². The number of nitrogens with zero attached hydrogens (tertiary/aromatic N) is 1. The maximum atomic E-state index is 11.6. The minimum absolute atomic E-state index is 0.0228. The average Bonchev–Trinajstić information content (AvgIpc) is 2.27. The second kappa shape index (κ2) is 5.36. The third kappa shape index (κ3) is 3.09. The molecule has 1 aliphatic carbocycles. The standard InChI is InChI=1S/C13H20N2O2/c1-10-7-12(8-10)14-11-3-4-13(16)15(9-11)5-6-17-2/h3-4,9-10,12,14H,5-8H2,1-2H3. The molecule has 1 heterocycles. The summed E-state index contributed by atoms with van der Waals surface area (Å²) in [7, 11) is 1.64. The Morgan fingerprint density at radius 3 is 2.88 bits per heavy atom. The van der Waals surface area contributed by atoms with E-state index in [1.54, 1.807) is 17.7 Å². The van der Waals surface area contributed by atoms with E-state index < -0.39 is 0 Å². The van der Waals surface area contributed by atoms with Gasteiger partial charge < -0.3 is 14.6 Å². The molecule has 4 heteroatoms. The van der Waals surface area contributed by atoms with Crippen LogP contribution in [0.5, 0.6) is 0 Å². The van der Waals surface area contributed by atoms with Crippen LogP contribution in [-0.4, -0.2) is 24.3 Å². The molecule has 4 nitrogen and oxygen atoms in total. The molecule has 1 fully saturated rings. The van der Waals surface area contributed by atoms with Gasteiger partial charge in [0.15, 0.2) is 0 Å². The summed E-state index contributed by atoms with van der Waals surface area (Å²) in [5, 5.41) is 3.45. The smallest absolute Gasteiger partial charge is 0.250 e. The minimum Gasteiger partial charge on any atom is -0.383 e. The lowest BCUT2D eigenvalue weighted by Gasteiger charge is -2.34. The lowest BCUT2D eigenvalue weighted by molar-refractivity contribution is 0.186. The highest BCUT2D eigenvalue weighted by molar-refractivity contribution is 5.41. The van der Waals surface area contributed by atoms with Gasteiger partial charge in [-0.3, -0.25) is 4.79 Å². The summed E-state index contributed by atoms with van der Waals surface area (Å²) in [6, 6.07) is 4.03. The Balaban J connectivity index is 2.00. The Labute approximate surface area is 102 Å². The van der Waals surface area contributed by atoms with Gasteiger partial charge in [0.1, 0.15) is 0 Å². The molecular formula is C13H20N2O2. The van der Waals surface area contributed by atoms with Crippen LogP contribution in [0.3, 0.4) is 0 Å². The summed E-state index contributed by atoms with van der Waals surface area (Å²) >= 11 is 0. The van der Waals surface area contributed by atoms with E-state index in [0.29, 0.717) is 19.2 Å². The third-order valence-corrected chi connectivity index (χ3v) is 3.26. The molecule has 0 unspecified atom stereocenters. The predicted octanol–water partition coefficient (Wildman–Crippen LogP) is 1.71. The summed E-state index contributed by atoms with van der Waals surface area (Å²) in [4.78, 5) is 11.6. The molecule has 1 N–H and O–H groups in total. The molecule has 0 saturated heterocycles. The average molecular weight is 236 g/mol. The lowest BCUT2D eigenvalue weighted by atomic mass is 9.82. The van der Waals surface area contributed by atoms with Crippen molar-refractivity contribution in [3.05, 3.63) is 28.7 Å². The number of pyridine rings is 1. The van der Waals surface area contributed by atoms with E-state index in [1.807, 2.05) is 12.3 Å². The molecule has 0 amide bonds. The number of rotatable bonds is 5. The van der Waals surface area contributed by atoms with Crippen molar-refractivity contribution in [2.45, 2.75) is 32.4 Å². The highest BCUT2D eigenvalue weighted by Crippen LogP contribution is 2.28. The fourth-order valence-electron chi connectivity index (χ4n) is 2.24. The SMILES string of the molecule is COCCn1cc(NC2CC(C)C2)ccc1=O. The third-order valence-electron chi connectivity index (χ3n) is 3.26. The number of hydrogen-bond acceptors (Lipinski definition) is 3. The van der Waals surface area contributed by atoms with E-state index >= 15 is 0 Å². The predicted molar refractivity (Wildman–Crippen MR) is 68.4 cm³/mol. The quantitative estimate of drug-likeness (QED) is 0.846. The van der Waals surface area contributed by atoms with Crippen LogP contribution in [0.1, 0.15) is 19.8 Å². The van der Waals surface area contributed by atoms with Crippen LogP contribution in [0.15, 0.2) is 23.1 Å². The van der Waals surface area contributed by atoms with E-state index in [1.165, 1.54) is 12.8 Å². The van der Waals surface area contributed by atoms with Gasteiger partial charge in [-0.2, -0.15) is 0 Å². The maximum absolute atomic E-state index is 11.6. The molecule has 1 aromatic rings. The van der Waals surface area contributed by atoms with Crippen LogP contribution in [0, 0.1) is 5.92 Å². The van der Waals surface area contributed by atoms with Crippen molar-refractivity contribution < 1.29 is 4.74 Å². The van der Waals surface area contributed by atoms with Gasteiger partial charge >= 0.3 is 0 Å². The normalized spacial score (nSPS) is 23.2. The van der Waals surface area contributed by atoms with Gasteiger partial charge in [0.2, 0.25) is 0 Å². The first-order valence-corrected chi connectivity index (χ1v) is 6.15. The van der Waals surface area contributed by atoms with E-state index in [2.05, 4.69) is 12.2 Å². The van der Waals surface area contributed by atoms with Crippen LogP contribution >= 0.6 is 0 Å². The van der Waals surface area contributed by atoms with E-state index in [4.69, 9.17) is 4.74 Å². The Morgan fingerprint density at radius 1 is 1.47 bits per heavy atom. The van der Waals surface area contributed by atoms with Gasteiger partial charge in [-0.1, -0.05) is 6.92 Å². The largest absolute Gasteiger partial charge is 0.383 e. The minimum atomic E-state index is 0.0228.